The van der Waals surface area contributed by atoms with Crippen molar-refractivity contribution in [3.05, 3.63) is 29.3 Å². The van der Waals surface area contributed by atoms with Crippen LogP contribution in [-0.4, -0.2) is 18.2 Å². The SMILES string of the molecule is COc1ccc(C2(C(=O)O)CCC2)cc1C. The number of benzene rings is 1. The molecular formula is C13H16O3. The number of carboxylic acid groups (broad SMARTS) is 1. The van der Waals surface area contributed by atoms with Crippen LogP contribution in [0.2, 0.25) is 0 Å². The van der Waals surface area contributed by atoms with E-state index in [0.29, 0.717) is 0 Å². The first-order valence-corrected chi connectivity index (χ1v) is 5.49. The second kappa shape index (κ2) is 3.81. The van der Waals surface area contributed by atoms with Crippen LogP contribution in [0.3, 0.4) is 0 Å². The van der Waals surface area contributed by atoms with E-state index >= 15 is 0 Å². The van der Waals surface area contributed by atoms with E-state index in [0.717, 1.165) is 36.1 Å². The zero-order valence-corrected chi connectivity index (χ0v) is 9.62. The molecule has 1 saturated carbocycles. The van der Waals surface area contributed by atoms with E-state index in [1.54, 1.807) is 7.11 Å². The third kappa shape index (κ3) is 1.47. The Kier molecular flexibility index (Phi) is 2.62. The van der Waals surface area contributed by atoms with Gasteiger partial charge in [0.05, 0.1) is 12.5 Å². The van der Waals surface area contributed by atoms with Crippen molar-refractivity contribution in [2.24, 2.45) is 0 Å². The predicted octanol–water partition coefficient (Wildman–Crippen LogP) is 2.51. The van der Waals surface area contributed by atoms with Crippen LogP contribution in [0.1, 0.15) is 30.4 Å². The number of aliphatic carboxylic acids is 1. The van der Waals surface area contributed by atoms with Gasteiger partial charge in [0, 0.05) is 0 Å². The lowest BCUT2D eigenvalue weighted by molar-refractivity contribution is -0.147. The fraction of sp³-hybridized carbons (Fsp3) is 0.462. The van der Waals surface area contributed by atoms with E-state index in [1.807, 2.05) is 25.1 Å². The molecule has 0 unspecified atom stereocenters. The molecule has 86 valence electrons. The maximum atomic E-state index is 11.3. The van der Waals surface area contributed by atoms with Gasteiger partial charge in [-0.1, -0.05) is 18.6 Å². The molecule has 0 atom stereocenters. The number of methoxy groups -OCH3 is 1. The molecule has 0 saturated heterocycles. The maximum absolute atomic E-state index is 11.3. The third-order valence-electron chi connectivity index (χ3n) is 3.56. The molecule has 1 fully saturated rings. The lowest BCUT2D eigenvalue weighted by atomic mass is 9.64. The van der Waals surface area contributed by atoms with Crippen molar-refractivity contribution in [2.75, 3.05) is 7.11 Å². The van der Waals surface area contributed by atoms with Gasteiger partial charge in [-0.3, -0.25) is 4.79 Å². The molecule has 0 aromatic heterocycles. The minimum absolute atomic E-state index is 0.642. The Morgan fingerprint density at radius 1 is 1.44 bits per heavy atom. The fourth-order valence-electron chi connectivity index (χ4n) is 2.33. The van der Waals surface area contributed by atoms with Crippen LogP contribution in [0.4, 0.5) is 0 Å². The molecule has 3 nitrogen and oxygen atoms in total. The first-order chi connectivity index (χ1) is 7.60. The Balaban J connectivity index is 2.40. The van der Waals surface area contributed by atoms with Gasteiger partial charge in [-0.05, 0) is 37.0 Å². The Morgan fingerprint density at radius 2 is 2.12 bits per heavy atom. The lowest BCUT2D eigenvalue weighted by Crippen LogP contribution is -2.42. The van der Waals surface area contributed by atoms with Gasteiger partial charge < -0.3 is 9.84 Å². The van der Waals surface area contributed by atoms with Gasteiger partial charge in [-0.2, -0.15) is 0 Å². The summed E-state index contributed by atoms with van der Waals surface area (Å²) in [5, 5.41) is 9.32. The molecule has 0 amide bonds. The molecule has 1 aliphatic carbocycles. The number of carbonyl (C=O) groups is 1. The number of hydrogen-bond acceptors (Lipinski definition) is 2. The van der Waals surface area contributed by atoms with Crippen LogP contribution in [0.25, 0.3) is 0 Å². The molecule has 1 aromatic carbocycles. The number of hydrogen-bond donors (Lipinski definition) is 1. The van der Waals surface area contributed by atoms with Crippen LogP contribution in [0.5, 0.6) is 5.75 Å². The minimum Gasteiger partial charge on any atom is -0.496 e. The van der Waals surface area contributed by atoms with Crippen molar-refractivity contribution >= 4 is 5.97 Å². The number of carboxylic acids is 1. The van der Waals surface area contributed by atoms with Crippen molar-refractivity contribution in [3.8, 4) is 5.75 Å². The van der Waals surface area contributed by atoms with E-state index < -0.39 is 11.4 Å². The van der Waals surface area contributed by atoms with Crippen LogP contribution >= 0.6 is 0 Å². The van der Waals surface area contributed by atoms with E-state index in [9.17, 15) is 9.90 Å². The highest BCUT2D eigenvalue weighted by molar-refractivity contribution is 5.82. The molecule has 0 spiro atoms. The molecule has 1 N–H and O–H groups in total. The Bertz CT molecular complexity index is 419. The van der Waals surface area contributed by atoms with Crippen LogP contribution in [0, 0.1) is 6.92 Å². The summed E-state index contributed by atoms with van der Waals surface area (Å²) in [6.07, 6.45) is 2.49. The van der Waals surface area contributed by atoms with Gasteiger partial charge in [0.25, 0.3) is 0 Å². The average Bonchev–Trinajstić information content (AvgIpc) is 2.15. The highest BCUT2D eigenvalue weighted by Crippen LogP contribution is 2.44. The van der Waals surface area contributed by atoms with Crippen molar-refractivity contribution in [3.63, 3.8) is 0 Å². The summed E-state index contributed by atoms with van der Waals surface area (Å²) in [7, 11) is 1.62. The molecule has 0 aliphatic heterocycles. The number of rotatable bonds is 3. The summed E-state index contributed by atoms with van der Waals surface area (Å²) in [5.41, 5.74) is 1.26. The van der Waals surface area contributed by atoms with Crippen molar-refractivity contribution in [1.29, 1.82) is 0 Å². The molecule has 1 aliphatic rings. The summed E-state index contributed by atoms with van der Waals surface area (Å²) < 4.78 is 5.18. The normalized spacial score (nSPS) is 17.6. The Hall–Kier alpha value is -1.51. The van der Waals surface area contributed by atoms with Crippen molar-refractivity contribution < 1.29 is 14.6 Å². The van der Waals surface area contributed by atoms with Crippen molar-refractivity contribution in [2.45, 2.75) is 31.6 Å². The van der Waals surface area contributed by atoms with Gasteiger partial charge in [-0.15, -0.1) is 0 Å². The molecule has 1 aromatic rings. The van der Waals surface area contributed by atoms with Gasteiger partial charge in [0.15, 0.2) is 0 Å². The summed E-state index contributed by atoms with van der Waals surface area (Å²) >= 11 is 0. The quantitative estimate of drug-likeness (QED) is 0.851. The van der Waals surface area contributed by atoms with E-state index in [-0.39, 0.29) is 0 Å². The summed E-state index contributed by atoms with van der Waals surface area (Å²) in [6.45, 7) is 1.94. The Morgan fingerprint density at radius 3 is 2.50 bits per heavy atom. The lowest BCUT2D eigenvalue weighted by Gasteiger charge is -2.38. The smallest absolute Gasteiger partial charge is 0.314 e. The Labute approximate surface area is 95.0 Å². The first kappa shape index (κ1) is 11.0. The van der Waals surface area contributed by atoms with Gasteiger partial charge >= 0.3 is 5.97 Å². The largest absolute Gasteiger partial charge is 0.496 e. The zero-order chi connectivity index (χ0) is 11.8. The minimum atomic E-state index is -0.705. The predicted molar refractivity (Wildman–Crippen MR) is 60.9 cm³/mol. The number of ether oxygens (including phenoxy) is 1. The molecule has 0 bridgehead atoms. The van der Waals surface area contributed by atoms with Crippen LogP contribution in [0.15, 0.2) is 18.2 Å². The van der Waals surface area contributed by atoms with Crippen LogP contribution < -0.4 is 4.74 Å². The average molecular weight is 220 g/mol. The van der Waals surface area contributed by atoms with Crippen LogP contribution in [-0.2, 0) is 10.2 Å². The van der Waals surface area contributed by atoms with E-state index in [1.165, 1.54) is 0 Å². The van der Waals surface area contributed by atoms with Gasteiger partial charge in [0.2, 0.25) is 0 Å². The topological polar surface area (TPSA) is 46.5 Å². The van der Waals surface area contributed by atoms with Gasteiger partial charge in [-0.25, -0.2) is 0 Å². The molecule has 0 radical (unpaired) electrons. The molecular weight excluding hydrogens is 204 g/mol. The standard InChI is InChI=1S/C13H16O3/c1-9-8-10(4-5-11(9)16-2)13(12(14)15)6-3-7-13/h4-5,8H,3,6-7H2,1-2H3,(H,14,15). The second-order valence-electron chi connectivity index (χ2n) is 4.43. The molecule has 3 heteroatoms. The number of aryl methyl sites for hydroxylation is 1. The van der Waals surface area contributed by atoms with Crippen molar-refractivity contribution in [1.82, 2.24) is 0 Å². The fourth-order valence-corrected chi connectivity index (χ4v) is 2.33. The van der Waals surface area contributed by atoms with E-state index in [4.69, 9.17) is 4.74 Å². The highest BCUT2D eigenvalue weighted by Gasteiger charge is 2.45. The van der Waals surface area contributed by atoms with E-state index in [2.05, 4.69) is 0 Å². The molecule has 2 rings (SSSR count). The monoisotopic (exact) mass is 220 g/mol. The zero-order valence-electron chi connectivity index (χ0n) is 9.62. The molecule has 16 heavy (non-hydrogen) atoms. The maximum Gasteiger partial charge on any atom is 0.314 e. The second-order valence-corrected chi connectivity index (χ2v) is 4.43. The summed E-state index contributed by atoms with van der Waals surface area (Å²) in [5.74, 6) is 0.104. The van der Waals surface area contributed by atoms with Gasteiger partial charge in [0.1, 0.15) is 5.75 Å². The summed E-state index contributed by atoms with van der Waals surface area (Å²) in [6, 6.07) is 5.67. The highest BCUT2D eigenvalue weighted by atomic mass is 16.5. The third-order valence-corrected chi connectivity index (χ3v) is 3.56. The first-order valence-electron chi connectivity index (χ1n) is 5.49. The summed E-state index contributed by atoms with van der Waals surface area (Å²) in [4.78, 5) is 11.3. The molecule has 0 heterocycles.